The second kappa shape index (κ2) is 9.84. The van der Waals surface area contributed by atoms with Crippen LogP contribution < -0.4 is 5.73 Å². The van der Waals surface area contributed by atoms with Gasteiger partial charge in [0.2, 0.25) is 5.91 Å². The molecule has 1 amide bonds. The van der Waals surface area contributed by atoms with Gasteiger partial charge < -0.3 is 20.1 Å². The summed E-state index contributed by atoms with van der Waals surface area (Å²) in [6.07, 6.45) is 0.344. The van der Waals surface area contributed by atoms with Crippen LogP contribution in [0.15, 0.2) is 41.8 Å². The van der Waals surface area contributed by atoms with Gasteiger partial charge in [0, 0.05) is 17.8 Å². The van der Waals surface area contributed by atoms with Crippen molar-refractivity contribution in [2.24, 2.45) is 5.73 Å². The molecule has 27 heavy (non-hydrogen) atoms. The molecule has 0 radical (unpaired) electrons. The first-order chi connectivity index (χ1) is 13.0. The molecule has 2 aromatic rings. The van der Waals surface area contributed by atoms with Crippen LogP contribution in [0.4, 0.5) is 0 Å². The standard InChI is InChI=1S/C19H22N2O5S/c1-25-18(23)14-7-5-13(6-8-14)12-21(17(22)11-20)16(19(24)26-2)10-15-4-3-9-27-15/h3-9,16H,10-12,20H2,1-2H3. The molecule has 7 nitrogen and oxygen atoms in total. The quantitative estimate of drug-likeness (QED) is 0.688. The lowest BCUT2D eigenvalue weighted by Crippen LogP contribution is -2.48. The SMILES string of the molecule is COC(=O)c1ccc(CN(C(=O)CN)C(Cc2cccs2)C(=O)OC)cc1. The average Bonchev–Trinajstić information content (AvgIpc) is 3.22. The van der Waals surface area contributed by atoms with Crippen LogP contribution in [0.1, 0.15) is 20.8 Å². The van der Waals surface area contributed by atoms with Crippen molar-refractivity contribution >= 4 is 29.2 Å². The van der Waals surface area contributed by atoms with Gasteiger partial charge in [0.1, 0.15) is 6.04 Å². The number of benzene rings is 1. The first kappa shape index (κ1) is 20.6. The Morgan fingerprint density at radius 1 is 1.11 bits per heavy atom. The van der Waals surface area contributed by atoms with Crippen LogP contribution in [-0.2, 0) is 32.0 Å². The van der Waals surface area contributed by atoms with Crippen molar-refractivity contribution in [3.63, 3.8) is 0 Å². The Hall–Kier alpha value is -2.71. The van der Waals surface area contributed by atoms with Gasteiger partial charge in [-0.15, -0.1) is 11.3 Å². The van der Waals surface area contributed by atoms with Gasteiger partial charge in [-0.2, -0.15) is 0 Å². The van der Waals surface area contributed by atoms with Crippen molar-refractivity contribution in [3.05, 3.63) is 57.8 Å². The number of carbonyl (C=O) groups is 3. The van der Waals surface area contributed by atoms with E-state index in [2.05, 4.69) is 4.74 Å². The first-order valence-electron chi connectivity index (χ1n) is 8.27. The molecule has 0 spiro atoms. The second-order valence-electron chi connectivity index (χ2n) is 5.74. The van der Waals surface area contributed by atoms with E-state index >= 15 is 0 Å². The third-order valence-corrected chi connectivity index (χ3v) is 4.95. The van der Waals surface area contributed by atoms with Crippen LogP contribution >= 0.6 is 11.3 Å². The lowest BCUT2D eigenvalue weighted by molar-refractivity contribution is -0.152. The van der Waals surface area contributed by atoms with Crippen LogP contribution in [0.5, 0.6) is 0 Å². The van der Waals surface area contributed by atoms with Crippen molar-refractivity contribution < 1.29 is 23.9 Å². The van der Waals surface area contributed by atoms with E-state index in [-0.39, 0.29) is 19.0 Å². The van der Waals surface area contributed by atoms with Crippen LogP contribution in [0.25, 0.3) is 0 Å². The minimum absolute atomic E-state index is 0.169. The molecule has 1 aromatic heterocycles. The maximum absolute atomic E-state index is 12.5. The monoisotopic (exact) mass is 390 g/mol. The zero-order chi connectivity index (χ0) is 19.8. The van der Waals surface area contributed by atoms with Crippen molar-refractivity contribution in [1.29, 1.82) is 0 Å². The van der Waals surface area contributed by atoms with Crippen LogP contribution in [0.3, 0.4) is 0 Å². The minimum Gasteiger partial charge on any atom is -0.467 e. The summed E-state index contributed by atoms with van der Waals surface area (Å²) in [6.45, 7) is -0.0548. The molecule has 0 aliphatic heterocycles. The average molecular weight is 390 g/mol. The van der Waals surface area contributed by atoms with Gasteiger partial charge in [0.05, 0.1) is 26.3 Å². The van der Waals surface area contributed by atoms with E-state index in [1.165, 1.54) is 30.5 Å². The number of thiophene rings is 1. The third-order valence-electron chi connectivity index (χ3n) is 4.05. The van der Waals surface area contributed by atoms with E-state index in [9.17, 15) is 14.4 Å². The molecule has 1 heterocycles. The van der Waals surface area contributed by atoms with Gasteiger partial charge in [-0.05, 0) is 29.1 Å². The molecule has 0 saturated carbocycles. The van der Waals surface area contributed by atoms with Crippen LogP contribution in [0, 0.1) is 0 Å². The van der Waals surface area contributed by atoms with Gasteiger partial charge in [0.15, 0.2) is 0 Å². The Labute approximate surface area is 161 Å². The van der Waals surface area contributed by atoms with E-state index in [1.54, 1.807) is 24.3 Å². The second-order valence-corrected chi connectivity index (χ2v) is 6.77. The lowest BCUT2D eigenvalue weighted by Gasteiger charge is -2.29. The number of hydrogen-bond donors (Lipinski definition) is 1. The van der Waals surface area contributed by atoms with Crippen LogP contribution in [0.2, 0.25) is 0 Å². The normalized spacial score (nSPS) is 11.5. The van der Waals surface area contributed by atoms with Crippen molar-refractivity contribution in [2.45, 2.75) is 19.0 Å². The summed E-state index contributed by atoms with van der Waals surface area (Å²) in [4.78, 5) is 38.7. The number of hydrogen-bond acceptors (Lipinski definition) is 7. The molecule has 1 atom stereocenters. The van der Waals surface area contributed by atoms with E-state index in [4.69, 9.17) is 10.5 Å². The highest BCUT2D eigenvalue weighted by molar-refractivity contribution is 7.09. The Kier molecular flexibility index (Phi) is 7.51. The summed E-state index contributed by atoms with van der Waals surface area (Å²) in [5.41, 5.74) is 6.72. The summed E-state index contributed by atoms with van der Waals surface area (Å²) in [5, 5.41) is 1.91. The number of esters is 2. The molecule has 0 saturated heterocycles. The summed E-state index contributed by atoms with van der Waals surface area (Å²) in [6, 6.07) is 9.64. The highest BCUT2D eigenvalue weighted by Crippen LogP contribution is 2.18. The molecule has 2 N–H and O–H groups in total. The van der Waals surface area contributed by atoms with Crippen molar-refractivity contribution in [1.82, 2.24) is 4.90 Å². The van der Waals surface area contributed by atoms with E-state index in [0.29, 0.717) is 12.0 Å². The largest absolute Gasteiger partial charge is 0.467 e. The minimum atomic E-state index is -0.787. The predicted molar refractivity (Wildman–Crippen MR) is 101 cm³/mol. The van der Waals surface area contributed by atoms with Gasteiger partial charge in [-0.25, -0.2) is 9.59 Å². The number of amides is 1. The highest BCUT2D eigenvalue weighted by atomic mass is 32.1. The highest BCUT2D eigenvalue weighted by Gasteiger charge is 2.30. The Bertz CT molecular complexity index is 774. The van der Waals surface area contributed by atoms with Crippen molar-refractivity contribution in [2.75, 3.05) is 20.8 Å². The zero-order valence-electron chi connectivity index (χ0n) is 15.2. The Balaban J connectivity index is 2.27. The van der Waals surface area contributed by atoms with E-state index < -0.39 is 18.0 Å². The van der Waals surface area contributed by atoms with Gasteiger partial charge >= 0.3 is 11.9 Å². The number of nitrogens with zero attached hydrogens (tertiary/aromatic N) is 1. The first-order valence-corrected chi connectivity index (χ1v) is 9.15. The van der Waals surface area contributed by atoms with Crippen molar-refractivity contribution in [3.8, 4) is 0 Å². The van der Waals surface area contributed by atoms with E-state index in [0.717, 1.165) is 10.4 Å². The molecule has 1 unspecified atom stereocenters. The Morgan fingerprint density at radius 3 is 2.33 bits per heavy atom. The molecule has 8 heteroatoms. The third kappa shape index (κ3) is 5.38. The fraction of sp³-hybridized carbons (Fsp3) is 0.316. The molecule has 0 fully saturated rings. The maximum atomic E-state index is 12.5. The predicted octanol–water partition coefficient (Wildman–Crippen LogP) is 1.61. The zero-order valence-corrected chi connectivity index (χ0v) is 16.0. The fourth-order valence-corrected chi connectivity index (χ4v) is 3.37. The molecule has 0 aliphatic carbocycles. The van der Waals surface area contributed by atoms with Gasteiger partial charge in [-0.1, -0.05) is 18.2 Å². The van der Waals surface area contributed by atoms with Gasteiger partial charge in [0.25, 0.3) is 0 Å². The smallest absolute Gasteiger partial charge is 0.337 e. The molecule has 0 aliphatic rings. The Morgan fingerprint density at radius 2 is 1.81 bits per heavy atom. The summed E-state index contributed by atoms with van der Waals surface area (Å²) in [5.74, 6) is -1.31. The number of ether oxygens (including phenoxy) is 2. The number of methoxy groups -OCH3 is 2. The molecule has 1 aromatic carbocycles. The molecule has 0 bridgehead atoms. The number of carbonyl (C=O) groups excluding carboxylic acids is 3. The molecule has 144 valence electrons. The fourth-order valence-electron chi connectivity index (χ4n) is 2.63. The number of rotatable bonds is 8. The molecular weight excluding hydrogens is 368 g/mol. The summed E-state index contributed by atoms with van der Waals surface area (Å²) in [7, 11) is 2.60. The summed E-state index contributed by atoms with van der Waals surface area (Å²) < 4.78 is 9.59. The summed E-state index contributed by atoms with van der Waals surface area (Å²) >= 11 is 1.50. The lowest BCUT2D eigenvalue weighted by atomic mass is 10.1. The number of nitrogens with two attached hydrogens (primary N) is 1. The topological polar surface area (TPSA) is 98.9 Å². The molecule has 2 rings (SSSR count). The maximum Gasteiger partial charge on any atom is 0.337 e. The van der Waals surface area contributed by atoms with Gasteiger partial charge in [-0.3, -0.25) is 4.79 Å². The molecular formula is C19H22N2O5S. The van der Waals surface area contributed by atoms with E-state index in [1.807, 2.05) is 17.5 Å². The van der Waals surface area contributed by atoms with Crippen LogP contribution in [-0.4, -0.2) is 49.6 Å².